The van der Waals surface area contributed by atoms with Crippen LogP contribution in [0.25, 0.3) is 32.3 Å². The number of phenolic OH excluding ortho intramolecular Hbond substituents is 3. The van der Waals surface area contributed by atoms with E-state index in [9.17, 15) is 103 Å². The van der Waals surface area contributed by atoms with E-state index in [1.54, 1.807) is 0 Å². The van der Waals surface area contributed by atoms with Gasteiger partial charge in [0.15, 0.2) is 17.2 Å². The Morgan fingerprint density at radius 1 is 0.410 bits per heavy atom. The van der Waals surface area contributed by atoms with Crippen LogP contribution < -0.4 is 5.73 Å². The monoisotopic (exact) mass is 1300 g/mol. The van der Waals surface area contributed by atoms with Crippen LogP contribution in [-0.2, 0) is 60.7 Å². The van der Waals surface area contributed by atoms with E-state index in [0.29, 0.717) is 30.3 Å². The summed E-state index contributed by atoms with van der Waals surface area (Å²) < 4.78 is 208. The van der Waals surface area contributed by atoms with Crippen molar-refractivity contribution in [2.75, 3.05) is 5.73 Å². The molecule has 0 spiro atoms. The number of halogens is 2. The van der Waals surface area contributed by atoms with Gasteiger partial charge >= 0.3 is 5.97 Å². The van der Waals surface area contributed by atoms with Gasteiger partial charge in [0.25, 0.3) is 60.7 Å². The highest BCUT2D eigenvalue weighted by Crippen LogP contribution is 2.50. The summed E-state index contributed by atoms with van der Waals surface area (Å²) in [7, 11) is -31.6. The summed E-state index contributed by atoms with van der Waals surface area (Å²) in [5.41, 5.74) is -1.87. The number of aromatic carboxylic acids is 1. The lowest BCUT2D eigenvalue weighted by molar-refractivity contribution is 0.0697. The maximum absolute atomic E-state index is 12.8. The summed E-state index contributed by atoms with van der Waals surface area (Å²) in [6, 6.07) is 12.4. The second kappa shape index (κ2) is 21.4. The van der Waals surface area contributed by atoms with E-state index in [-0.39, 0.29) is 37.9 Å². The zero-order valence-electron chi connectivity index (χ0n) is 39.8. The number of rotatable bonds is 15. The minimum atomic E-state index is -5.50. The van der Waals surface area contributed by atoms with Gasteiger partial charge in [0.2, 0.25) is 0 Å². The molecule has 0 bridgehead atoms. The number of hydrogen-bond acceptors (Lipinski definition) is 25. The molecule has 0 aromatic heterocycles. The first-order valence-electron chi connectivity index (χ1n) is 21.4. The molecule has 12 N–H and O–H groups in total. The number of nitrogens with two attached hydrogens (primary N) is 1. The third kappa shape index (κ3) is 12.4. The SMILES string of the molecule is Nc1c(N=Nc2ccc3cc(S(=O)(=O)O)c(N=Nc4ccc(S(=O)(=O)O)cc4C(=O)O)c(O)c3c2)c(S(=O)(=O)O)cc2cc(S(=O)(=O)O)c(N=Nc3ccc4cc(S(=O)(=O)O)c(N=Nc5c(Cl)cc(Cl)cc5S(=O)(=O)O)c(O)c4c3)c(O)c12. The normalized spacial score (nSPS) is 13.3. The van der Waals surface area contributed by atoms with Gasteiger partial charge in [-0.25, -0.2) is 4.79 Å². The fourth-order valence-electron chi connectivity index (χ4n) is 7.66. The number of carboxylic acid groups (broad SMARTS) is 1. The first-order chi connectivity index (χ1) is 38.2. The van der Waals surface area contributed by atoms with Crippen molar-refractivity contribution in [2.24, 2.45) is 40.9 Å². The minimum absolute atomic E-state index is 0.181. The quantitative estimate of drug-likeness (QED) is 0.0258. The third-order valence-corrected chi connectivity index (χ3v) is 17.0. The topological polar surface area (TPSA) is 549 Å². The highest BCUT2D eigenvalue weighted by molar-refractivity contribution is 7.87. The van der Waals surface area contributed by atoms with E-state index < -0.39 is 174 Å². The Kier molecular flexibility index (Phi) is 15.7. The van der Waals surface area contributed by atoms with Gasteiger partial charge in [-0.05, 0) is 95.0 Å². The van der Waals surface area contributed by atoms with Crippen LogP contribution in [0.2, 0.25) is 10.0 Å². The first kappa shape index (κ1) is 60.7. The molecule has 0 fully saturated rings. The molecular formula is C43H27Cl2N9O23S6. The van der Waals surface area contributed by atoms with E-state index in [1.807, 2.05) is 0 Å². The number of nitrogens with zero attached hydrogens (tertiary/aromatic N) is 8. The molecule has 0 aliphatic carbocycles. The highest BCUT2D eigenvalue weighted by atomic mass is 35.5. The molecule has 0 saturated heterocycles. The number of fused-ring (bicyclic) bond motifs is 3. The summed E-state index contributed by atoms with van der Waals surface area (Å²) in [6.07, 6.45) is 0. The lowest BCUT2D eigenvalue weighted by atomic mass is 10.0. The van der Waals surface area contributed by atoms with Gasteiger partial charge in [-0.2, -0.15) is 60.7 Å². The summed E-state index contributed by atoms with van der Waals surface area (Å²) in [5, 5.41) is 70.3. The zero-order valence-corrected chi connectivity index (χ0v) is 46.2. The number of aromatic hydroxyl groups is 3. The second-order valence-electron chi connectivity index (χ2n) is 16.6. The molecule has 0 unspecified atom stereocenters. The number of carbonyl (C=O) groups is 1. The summed E-state index contributed by atoms with van der Waals surface area (Å²) in [5.74, 6) is -5.28. The molecule has 0 aliphatic rings. The van der Waals surface area contributed by atoms with Gasteiger partial charge < -0.3 is 26.2 Å². The van der Waals surface area contributed by atoms with Crippen LogP contribution in [0.4, 0.5) is 51.2 Å². The van der Waals surface area contributed by atoms with E-state index in [0.717, 1.165) is 60.7 Å². The average Bonchev–Trinajstić information content (AvgIpc) is 1.63. The van der Waals surface area contributed by atoms with Gasteiger partial charge in [-0.1, -0.05) is 35.3 Å². The fraction of sp³-hybridized carbons (Fsp3) is 0. The van der Waals surface area contributed by atoms with Crippen LogP contribution in [-0.4, -0.2) is 104 Å². The first-order valence-corrected chi connectivity index (χ1v) is 30.7. The Labute approximate surface area is 473 Å². The second-order valence-corrected chi connectivity index (χ2v) is 25.8. The van der Waals surface area contributed by atoms with Crippen molar-refractivity contribution >= 4 is 173 Å². The predicted octanol–water partition coefficient (Wildman–Crippen LogP) is 9.99. The molecular weight excluding hydrogens is 1270 g/mol. The van der Waals surface area contributed by atoms with Crippen LogP contribution in [0.1, 0.15) is 10.4 Å². The van der Waals surface area contributed by atoms with Gasteiger partial charge in [-0.3, -0.25) is 27.3 Å². The maximum atomic E-state index is 12.8. The number of hydrogen-bond donors (Lipinski definition) is 11. The van der Waals surface area contributed by atoms with E-state index in [4.69, 9.17) is 28.9 Å². The number of nitrogen functional groups attached to an aromatic ring is 1. The molecule has 32 nitrogen and oxygen atoms in total. The fourth-order valence-corrected chi connectivity index (χ4v) is 12.1. The van der Waals surface area contributed by atoms with Crippen molar-refractivity contribution in [2.45, 2.75) is 29.4 Å². The lowest BCUT2D eigenvalue weighted by Gasteiger charge is -2.14. The van der Waals surface area contributed by atoms with Crippen LogP contribution in [0.15, 0.2) is 161 Å². The molecule has 0 radical (unpaired) electrons. The van der Waals surface area contributed by atoms with Gasteiger partial charge in [0.05, 0.1) is 37.9 Å². The maximum Gasteiger partial charge on any atom is 0.338 e. The largest absolute Gasteiger partial charge is 0.505 e. The predicted molar refractivity (Wildman–Crippen MR) is 287 cm³/mol. The zero-order chi connectivity index (χ0) is 61.4. The summed E-state index contributed by atoms with van der Waals surface area (Å²) in [4.78, 5) is 5.32. The van der Waals surface area contributed by atoms with Crippen molar-refractivity contribution in [1.29, 1.82) is 0 Å². The van der Waals surface area contributed by atoms with E-state index in [1.165, 1.54) is 0 Å². The molecule has 8 aromatic carbocycles. The standard InChI is InChI=1S/C43H27Cl2N9O23S6/c44-19-11-26(45)35(32(12-19)83(75,76)77)50-54-38-30(81(69,70)71)8-17-2-4-21(14-24(17)41(38)56)48-52-39-31(82(72,73)74)10-18-9-28(79(63,64)65)36(34(46)33(18)42(39)57)51-47-20-3-1-16-7-29(80(66,67)68)37(40(55)23(16)13-20)53-49-27-6-5-22(78(60,61)62)15-25(27)43(58)59/h1-15,55-57H,46H2,(H,58,59)(H,60,61,62)(H,63,64,65)(H,66,67,68)(H,69,70,71)(H,72,73,74)(H,75,76,77). The number of azo groups is 4. The van der Waals surface area contributed by atoms with E-state index in [2.05, 4.69) is 40.9 Å². The number of phenols is 3. The van der Waals surface area contributed by atoms with Gasteiger partial charge in [-0.15, -0.1) is 30.7 Å². The summed E-state index contributed by atoms with van der Waals surface area (Å²) >= 11 is 11.9. The Hall–Kier alpha value is -8.35. The lowest BCUT2D eigenvalue weighted by Crippen LogP contribution is -2.03. The van der Waals surface area contributed by atoms with Crippen molar-refractivity contribution in [3.63, 3.8) is 0 Å². The molecule has 8 rings (SSSR count). The molecule has 432 valence electrons. The highest BCUT2D eigenvalue weighted by Gasteiger charge is 2.30. The number of benzene rings is 8. The minimum Gasteiger partial charge on any atom is -0.505 e. The van der Waals surface area contributed by atoms with Crippen molar-refractivity contribution in [1.82, 2.24) is 0 Å². The van der Waals surface area contributed by atoms with Crippen LogP contribution >= 0.6 is 23.2 Å². The third-order valence-electron chi connectivity index (χ3n) is 11.3. The smallest absolute Gasteiger partial charge is 0.338 e. The van der Waals surface area contributed by atoms with Crippen molar-refractivity contribution < 1.29 is 103 Å². The van der Waals surface area contributed by atoms with E-state index >= 15 is 0 Å². The number of carboxylic acids is 1. The van der Waals surface area contributed by atoms with Crippen molar-refractivity contribution in [3.05, 3.63) is 107 Å². The Balaban J connectivity index is 1.24. The van der Waals surface area contributed by atoms with Crippen LogP contribution in [0.3, 0.4) is 0 Å². The van der Waals surface area contributed by atoms with Gasteiger partial charge in [0, 0.05) is 15.8 Å². The molecule has 0 aliphatic heterocycles. The molecule has 0 saturated carbocycles. The molecule has 0 atom stereocenters. The molecule has 0 heterocycles. The van der Waals surface area contributed by atoms with Crippen molar-refractivity contribution in [3.8, 4) is 17.2 Å². The van der Waals surface area contributed by atoms with Crippen LogP contribution in [0, 0.1) is 0 Å². The molecule has 0 amide bonds. The average molecular weight is 1300 g/mol. The van der Waals surface area contributed by atoms with Gasteiger partial charge in [0.1, 0.15) is 58.6 Å². The Bertz CT molecular complexity index is 5090. The Morgan fingerprint density at radius 3 is 1.24 bits per heavy atom. The molecule has 83 heavy (non-hydrogen) atoms. The summed E-state index contributed by atoms with van der Waals surface area (Å²) in [6.45, 7) is 0. The van der Waals surface area contributed by atoms with Crippen LogP contribution in [0.5, 0.6) is 17.2 Å². The molecule has 40 heteroatoms. The number of anilines is 1. The Morgan fingerprint density at radius 2 is 0.795 bits per heavy atom. The molecule has 8 aromatic rings.